The highest BCUT2D eigenvalue weighted by Gasteiger charge is 2.06. The molecule has 0 aliphatic rings. The van der Waals surface area contributed by atoms with E-state index in [2.05, 4.69) is 11.7 Å². The molecule has 0 saturated heterocycles. The molecule has 0 heterocycles. The molecule has 8 heavy (non-hydrogen) atoms. The summed E-state index contributed by atoms with van der Waals surface area (Å²) >= 11 is 0. The Morgan fingerprint density at radius 1 is 1.75 bits per heavy atom. The molecule has 0 aromatic rings. The SMILES string of the molecule is C=NC(C)C(N)OC. The summed E-state index contributed by atoms with van der Waals surface area (Å²) in [5.74, 6) is 0. The Labute approximate surface area is 49.5 Å². The lowest BCUT2D eigenvalue weighted by atomic mass is 10.3. The van der Waals surface area contributed by atoms with Gasteiger partial charge in [-0.3, -0.25) is 4.99 Å². The normalized spacial score (nSPS) is 17.4. The minimum Gasteiger partial charge on any atom is -0.365 e. The van der Waals surface area contributed by atoms with Crippen molar-refractivity contribution in [2.45, 2.75) is 19.2 Å². The molecule has 3 nitrogen and oxygen atoms in total. The van der Waals surface area contributed by atoms with Gasteiger partial charge in [-0.1, -0.05) is 0 Å². The van der Waals surface area contributed by atoms with Crippen molar-refractivity contribution >= 4 is 6.72 Å². The smallest absolute Gasteiger partial charge is 0.127 e. The largest absolute Gasteiger partial charge is 0.365 e. The van der Waals surface area contributed by atoms with Crippen molar-refractivity contribution in [1.29, 1.82) is 0 Å². The summed E-state index contributed by atoms with van der Waals surface area (Å²) in [7, 11) is 1.55. The Balaban J connectivity index is 3.44. The van der Waals surface area contributed by atoms with Crippen LogP contribution in [0.1, 0.15) is 6.92 Å². The van der Waals surface area contributed by atoms with Gasteiger partial charge in [0.05, 0.1) is 6.04 Å². The average molecular weight is 116 g/mol. The molecule has 0 amide bonds. The zero-order valence-corrected chi connectivity index (χ0v) is 5.29. The van der Waals surface area contributed by atoms with Crippen molar-refractivity contribution < 1.29 is 4.74 Å². The lowest BCUT2D eigenvalue weighted by Gasteiger charge is -2.12. The molecular formula is C5H12N2O. The van der Waals surface area contributed by atoms with Crippen molar-refractivity contribution in [3.05, 3.63) is 0 Å². The monoisotopic (exact) mass is 116 g/mol. The van der Waals surface area contributed by atoms with E-state index in [0.29, 0.717) is 0 Å². The molecule has 48 valence electrons. The maximum absolute atomic E-state index is 5.37. The van der Waals surface area contributed by atoms with Crippen LogP contribution in [0.25, 0.3) is 0 Å². The molecule has 2 atom stereocenters. The third-order valence-corrected chi connectivity index (χ3v) is 1.04. The van der Waals surface area contributed by atoms with E-state index < -0.39 is 0 Å². The third-order valence-electron chi connectivity index (χ3n) is 1.04. The molecule has 0 saturated carbocycles. The first-order chi connectivity index (χ1) is 3.72. The van der Waals surface area contributed by atoms with Gasteiger partial charge in [0.1, 0.15) is 6.23 Å². The lowest BCUT2D eigenvalue weighted by molar-refractivity contribution is 0.0917. The van der Waals surface area contributed by atoms with Crippen LogP contribution in [0.3, 0.4) is 0 Å². The molecule has 0 bridgehead atoms. The Morgan fingerprint density at radius 2 is 2.25 bits per heavy atom. The number of rotatable bonds is 3. The minimum absolute atomic E-state index is 0.0139. The van der Waals surface area contributed by atoms with Gasteiger partial charge in [-0.05, 0) is 13.6 Å². The topological polar surface area (TPSA) is 47.6 Å². The third kappa shape index (κ3) is 2.04. The fourth-order valence-corrected chi connectivity index (χ4v) is 0.301. The van der Waals surface area contributed by atoms with Gasteiger partial charge < -0.3 is 10.5 Å². The number of aliphatic imine (C=N–C) groups is 1. The van der Waals surface area contributed by atoms with Gasteiger partial charge in [0.25, 0.3) is 0 Å². The molecular weight excluding hydrogens is 104 g/mol. The second kappa shape index (κ2) is 3.57. The Morgan fingerprint density at radius 3 is 2.38 bits per heavy atom. The van der Waals surface area contributed by atoms with Gasteiger partial charge in [0, 0.05) is 7.11 Å². The van der Waals surface area contributed by atoms with Gasteiger partial charge in [-0.25, -0.2) is 0 Å². The Bertz CT molecular complexity index is 74.8. The summed E-state index contributed by atoms with van der Waals surface area (Å²) in [5, 5.41) is 0. The predicted octanol–water partition coefficient (Wildman–Crippen LogP) is 0.00670. The van der Waals surface area contributed by atoms with E-state index >= 15 is 0 Å². The van der Waals surface area contributed by atoms with Crippen LogP contribution in [0.5, 0.6) is 0 Å². The van der Waals surface area contributed by atoms with E-state index in [1.54, 1.807) is 7.11 Å². The summed E-state index contributed by atoms with van der Waals surface area (Å²) in [4.78, 5) is 3.66. The van der Waals surface area contributed by atoms with Crippen molar-refractivity contribution in [2.24, 2.45) is 10.7 Å². The highest BCUT2D eigenvalue weighted by atomic mass is 16.5. The molecule has 2 unspecified atom stereocenters. The zero-order valence-electron chi connectivity index (χ0n) is 5.29. The van der Waals surface area contributed by atoms with Crippen LogP contribution in [-0.4, -0.2) is 26.1 Å². The number of methoxy groups -OCH3 is 1. The van der Waals surface area contributed by atoms with Crippen LogP contribution < -0.4 is 5.73 Å². The summed E-state index contributed by atoms with van der Waals surface area (Å²) in [6, 6.07) is -0.0139. The quantitative estimate of drug-likeness (QED) is 0.417. The maximum Gasteiger partial charge on any atom is 0.127 e. The standard InChI is InChI=1S/C5H12N2O/c1-4(7-2)5(6)8-3/h4-5H,2,6H2,1,3H3. The van der Waals surface area contributed by atoms with Crippen LogP contribution >= 0.6 is 0 Å². The van der Waals surface area contributed by atoms with Crippen LogP contribution in [0.4, 0.5) is 0 Å². The highest BCUT2D eigenvalue weighted by molar-refractivity contribution is 5.24. The summed E-state index contributed by atoms with van der Waals surface area (Å²) < 4.78 is 4.75. The molecule has 0 aromatic heterocycles. The summed E-state index contributed by atoms with van der Waals surface area (Å²) in [6.07, 6.45) is -0.313. The molecule has 0 rings (SSSR count). The summed E-state index contributed by atoms with van der Waals surface area (Å²) in [5.41, 5.74) is 5.37. The van der Waals surface area contributed by atoms with E-state index in [0.717, 1.165) is 0 Å². The van der Waals surface area contributed by atoms with E-state index in [9.17, 15) is 0 Å². The molecule has 0 spiro atoms. The highest BCUT2D eigenvalue weighted by Crippen LogP contribution is 1.92. The van der Waals surface area contributed by atoms with E-state index in [1.807, 2.05) is 6.92 Å². The number of hydrogen-bond acceptors (Lipinski definition) is 3. The van der Waals surface area contributed by atoms with Gasteiger partial charge in [-0.2, -0.15) is 0 Å². The van der Waals surface area contributed by atoms with Crippen molar-refractivity contribution in [1.82, 2.24) is 0 Å². The first kappa shape index (κ1) is 7.59. The fraction of sp³-hybridized carbons (Fsp3) is 0.800. The molecule has 0 aliphatic heterocycles. The number of ether oxygens (including phenoxy) is 1. The first-order valence-electron chi connectivity index (χ1n) is 2.46. The van der Waals surface area contributed by atoms with Gasteiger partial charge >= 0.3 is 0 Å². The zero-order chi connectivity index (χ0) is 6.57. The van der Waals surface area contributed by atoms with Gasteiger partial charge in [-0.15, -0.1) is 0 Å². The Hall–Kier alpha value is -0.410. The van der Waals surface area contributed by atoms with Crippen molar-refractivity contribution in [3.8, 4) is 0 Å². The molecule has 0 fully saturated rings. The Kier molecular flexibility index (Phi) is 3.39. The van der Waals surface area contributed by atoms with E-state index in [1.165, 1.54) is 0 Å². The average Bonchev–Trinajstić information content (AvgIpc) is 1.84. The van der Waals surface area contributed by atoms with Crippen LogP contribution in [-0.2, 0) is 4.74 Å². The van der Waals surface area contributed by atoms with Crippen LogP contribution in [0.2, 0.25) is 0 Å². The number of nitrogens with two attached hydrogens (primary N) is 1. The number of nitrogens with zero attached hydrogens (tertiary/aromatic N) is 1. The van der Waals surface area contributed by atoms with Crippen molar-refractivity contribution in [3.63, 3.8) is 0 Å². The molecule has 2 N–H and O–H groups in total. The predicted molar refractivity (Wildman–Crippen MR) is 34.0 cm³/mol. The lowest BCUT2D eigenvalue weighted by Crippen LogP contribution is -2.32. The second-order valence-corrected chi connectivity index (χ2v) is 1.62. The second-order valence-electron chi connectivity index (χ2n) is 1.62. The first-order valence-corrected chi connectivity index (χ1v) is 2.46. The van der Waals surface area contributed by atoms with Gasteiger partial charge in [0.2, 0.25) is 0 Å². The molecule has 0 aliphatic carbocycles. The maximum atomic E-state index is 5.37. The van der Waals surface area contributed by atoms with Gasteiger partial charge in [0.15, 0.2) is 0 Å². The van der Waals surface area contributed by atoms with E-state index in [4.69, 9.17) is 10.5 Å². The van der Waals surface area contributed by atoms with Crippen LogP contribution in [0, 0.1) is 0 Å². The minimum atomic E-state index is -0.313. The van der Waals surface area contributed by atoms with Crippen LogP contribution in [0.15, 0.2) is 4.99 Å². The number of hydrogen-bond donors (Lipinski definition) is 1. The van der Waals surface area contributed by atoms with E-state index in [-0.39, 0.29) is 12.3 Å². The molecule has 3 heteroatoms. The van der Waals surface area contributed by atoms with Crippen molar-refractivity contribution in [2.75, 3.05) is 7.11 Å². The molecule has 0 radical (unpaired) electrons. The summed E-state index contributed by atoms with van der Waals surface area (Å²) in [6.45, 7) is 5.17. The molecule has 0 aromatic carbocycles. The fourth-order valence-electron chi connectivity index (χ4n) is 0.301.